The van der Waals surface area contributed by atoms with E-state index in [9.17, 15) is 0 Å². The maximum Gasteiger partial charge on any atom is 0.124 e. The van der Waals surface area contributed by atoms with Crippen LogP contribution < -0.4 is 5.73 Å². The molecule has 2 aromatic rings. The molecular formula is C10H11N3S. The molecule has 0 saturated carbocycles. The van der Waals surface area contributed by atoms with Gasteiger partial charge in [-0.25, -0.2) is 4.98 Å². The maximum atomic E-state index is 5.60. The lowest BCUT2D eigenvalue weighted by molar-refractivity contribution is 1.06. The van der Waals surface area contributed by atoms with Gasteiger partial charge in [-0.2, -0.15) is 0 Å². The van der Waals surface area contributed by atoms with Crippen molar-refractivity contribution in [2.24, 2.45) is 5.73 Å². The zero-order valence-electron chi connectivity index (χ0n) is 7.90. The van der Waals surface area contributed by atoms with Crippen LogP contribution in [0.15, 0.2) is 24.5 Å². The van der Waals surface area contributed by atoms with Crippen LogP contribution in [0.2, 0.25) is 0 Å². The van der Waals surface area contributed by atoms with E-state index < -0.39 is 0 Å². The highest BCUT2D eigenvalue weighted by Crippen LogP contribution is 2.26. The van der Waals surface area contributed by atoms with Gasteiger partial charge in [-0.1, -0.05) is 0 Å². The Bertz CT molecular complexity index is 422. The Kier molecular flexibility index (Phi) is 2.56. The molecule has 0 aliphatic carbocycles. The number of hydrogen-bond donors (Lipinski definition) is 1. The zero-order valence-corrected chi connectivity index (χ0v) is 8.71. The molecule has 0 radical (unpaired) electrons. The second-order valence-electron chi connectivity index (χ2n) is 2.97. The lowest BCUT2D eigenvalue weighted by Gasteiger charge is -1.92. The summed E-state index contributed by atoms with van der Waals surface area (Å²) in [6.07, 6.45) is 3.54. The van der Waals surface area contributed by atoms with E-state index in [1.54, 1.807) is 23.7 Å². The van der Waals surface area contributed by atoms with Gasteiger partial charge in [-0.15, -0.1) is 11.3 Å². The van der Waals surface area contributed by atoms with Gasteiger partial charge in [0, 0.05) is 29.4 Å². The first-order valence-corrected chi connectivity index (χ1v) is 5.19. The highest BCUT2D eigenvalue weighted by Gasteiger charge is 2.07. The van der Waals surface area contributed by atoms with Gasteiger partial charge < -0.3 is 5.73 Å². The van der Waals surface area contributed by atoms with Crippen molar-refractivity contribution in [3.8, 4) is 10.6 Å². The molecule has 3 nitrogen and oxygen atoms in total. The standard InChI is InChI=1S/C10H11N3S/c1-7-9(6-11)14-10(13-7)8-2-4-12-5-3-8/h2-5H,6,11H2,1H3. The number of nitrogens with two attached hydrogens (primary N) is 1. The number of rotatable bonds is 2. The van der Waals surface area contributed by atoms with E-state index in [0.717, 1.165) is 21.1 Å². The van der Waals surface area contributed by atoms with Gasteiger partial charge >= 0.3 is 0 Å². The first-order chi connectivity index (χ1) is 6.81. The van der Waals surface area contributed by atoms with Crippen molar-refractivity contribution in [1.29, 1.82) is 0 Å². The van der Waals surface area contributed by atoms with Crippen LogP contribution in [0, 0.1) is 6.92 Å². The van der Waals surface area contributed by atoms with Gasteiger partial charge in [0.2, 0.25) is 0 Å². The number of nitrogens with zero attached hydrogens (tertiary/aromatic N) is 2. The van der Waals surface area contributed by atoms with E-state index in [-0.39, 0.29) is 0 Å². The third kappa shape index (κ3) is 1.66. The van der Waals surface area contributed by atoms with E-state index in [4.69, 9.17) is 5.73 Å². The summed E-state index contributed by atoms with van der Waals surface area (Å²) in [5.74, 6) is 0. The minimum atomic E-state index is 0.564. The average molecular weight is 205 g/mol. The molecule has 2 heterocycles. The smallest absolute Gasteiger partial charge is 0.124 e. The van der Waals surface area contributed by atoms with Crippen LogP contribution in [0.5, 0.6) is 0 Å². The summed E-state index contributed by atoms with van der Waals surface area (Å²) in [4.78, 5) is 9.58. The van der Waals surface area contributed by atoms with Crippen molar-refractivity contribution in [3.63, 3.8) is 0 Å². The molecule has 0 bridgehead atoms. The third-order valence-electron chi connectivity index (χ3n) is 2.01. The molecule has 0 amide bonds. The second kappa shape index (κ2) is 3.86. The van der Waals surface area contributed by atoms with Crippen LogP contribution in [0.1, 0.15) is 10.6 Å². The fraction of sp³-hybridized carbons (Fsp3) is 0.200. The molecule has 0 spiro atoms. The van der Waals surface area contributed by atoms with Crippen molar-refractivity contribution in [2.75, 3.05) is 0 Å². The Morgan fingerprint density at radius 3 is 2.64 bits per heavy atom. The lowest BCUT2D eigenvalue weighted by atomic mass is 10.3. The quantitative estimate of drug-likeness (QED) is 0.815. The molecule has 0 atom stereocenters. The summed E-state index contributed by atoms with van der Waals surface area (Å²) in [5, 5.41) is 1.02. The molecule has 0 aliphatic heterocycles. The van der Waals surface area contributed by atoms with Crippen LogP contribution in [0.25, 0.3) is 10.6 Å². The van der Waals surface area contributed by atoms with E-state index in [2.05, 4.69) is 9.97 Å². The number of aromatic nitrogens is 2. The first kappa shape index (κ1) is 9.30. The average Bonchev–Trinajstić information content (AvgIpc) is 2.61. The van der Waals surface area contributed by atoms with Crippen LogP contribution in [0.4, 0.5) is 0 Å². The summed E-state index contributed by atoms with van der Waals surface area (Å²) >= 11 is 1.65. The highest BCUT2D eigenvalue weighted by atomic mass is 32.1. The number of aryl methyl sites for hydroxylation is 1. The largest absolute Gasteiger partial charge is 0.326 e. The van der Waals surface area contributed by atoms with Crippen LogP contribution in [-0.4, -0.2) is 9.97 Å². The summed E-state index contributed by atoms with van der Waals surface area (Å²) in [5.41, 5.74) is 7.74. The van der Waals surface area contributed by atoms with Gasteiger partial charge in [0.1, 0.15) is 5.01 Å². The van der Waals surface area contributed by atoms with E-state index in [1.165, 1.54) is 0 Å². The highest BCUT2D eigenvalue weighted by molar-refractivity contribution is 7.15. The Hall–Kier alpha value is -1.26. The van der Waals surface area contributed by atoms with Crippen molar-refractivity contribution < 1.29 is 0 Å². The predicted molar refractivity (Wildman–Crippen MR) is 58.0 cm³/mol. The van der Waals surface area contributed by atoms with E-state index >= 15 is 0 Å². The lowest BCUT2D eigenvalue weighted by Crippen LogP contribution is -1.94. The van der Waals surface area contributed by atoms with E-state index in [1.807, 2.05) is 19.1 Å². The molecule has 2 rings (SSSR count). The summed E-state index contributed by atoms with van der Waals surface area (Å²) in [7, 11) is 0. The SMILES string of the molecule is Cc1nc(-c2ccncc2)sc1CN. The Morgan fingerprint density at radius 2 is 2.07 bits per heavy atom. The maximum absolute atomic E-state index is 5.60. The molecule has 72 valence electrons. The van der Waals surface area contributed by atoms with Crippen molar-refractivity contribution in [1.82, 2.24) is 9.97 Å². The molecule has 0 aliphatic rings. The third-order valence-corrected chi connectivity index (χ3v) is 3.23. The number of thiazole rings is 1. The summed E-state index contributed by atoms with van der Waals surface area (Å²) in [6.45, 7) is 2.55. The van der Waals surface area contributed by atoms with Gasteiger partial charge in [0.25, 0.3) is 0 Å². The summed E-state index contributed by atoms with van der Waals surface area (Å²) < 4.78 is 0. The first-order valence-electron chi connectivity index (χ1n) is 4.38. The molecule has 0 unspecified atom stereocenters. The molecular weight excluding hydrogens is 194 g/mol. The monoisotopic (exact) mass is 205 g/mol. The van der Waals surface area contributed by atoms with Gasteiger partial charge in [-0.05, 0) is 19.1 Å². The topological polar surface area (TPSA) is 51.8 Å². The molecule has 2 aromatic heterocycles. The zero-order chi connectivity index (χ0) is 9.97. The van der Waals surface area contributed by atoms with Gasteiger partial charge in [0.05, 0.1) is 5.69 Å². The predicted octanol–water partition coefficient (Wildman–Crippen LogP) is 1.97. The second-order valence-corrected chi connectivity index (χ2v) is 4.05. The fourth-order valence-corrected chi connectivity index (χ4v) is 2.18. The molecule has 0 fully saturated rings. The van der Waals surface area contributed by atoms with Crippen molar-refractivity contribution >= 4 is 11.3 Å². The van der Waals surface area contributed by atoms with Crippen LogP contribution >= 0.6 is 11.3 Å². The minimum Gasteiger partial charge on any atom is -0.326 e. The molecule has 14 heavy (non-hydrogen) atoms. The Morgan fingerprint density at radius 1 is 1.36 bits per heavy atom. The van der Waals surface area contributed by atoms with Gasteiger partial charge in [0.15, 0.2) is 0 Å². The molecule has 0 saturated heterocycles. The van der Waals surface area contributed by atoms with Crippen LogP contribution in [-0.2, 0) is 6.54 Å². The number of pyridine rings is 1. The Balaban J connectivity index is 2.43. The Labute approximate surface area is 86.6 Å². The molecule has 0 aromatic carbocycles. The van der Waals surface area contributed by atoms with Gasteiger partial charge in [-0.3, -0.25) is 4.98 Å². The molecule has 2 N–H and O–H groups in total. The minimum absolute atomic E-state index is 0.564. The van der Waals surface area contributed by atoms with Crippen molar-refractivity contribution in [2.45, 2.75) is 13.5 Å². The molecule has 4 heteroatoms. The normalized spacial score (nSPS) is 10.4. The summed E-state index contributed by atoms with van der Waals surface area (Å²) in [6, 6.07) is 3.91. The van der Waals surface area contributed by atoms with Crippen molar-refractivity contribution in [3.05, 3.63) is 35.1 Å². The fourth-order valence-electron chi connectivity index (χ4n) is 1.24. The van der Waals surface area contributed by atoms with E-state index in [0.29, 0.717) is 6.54 Å². The van der Waals surface area contributed by atoms with Crippen LogP contribution in [0.3, 0.4) is 0 Å². The number of hydrogen-bond acceptors (Lipinski definition) is 4.